The summed E-state index contributed by atoms with van der Waals surface area (Å²) in [6, 6.07) is 6.96. The molecule has 1 aliphatic rings. The number of nitrogens with zero attached hydrogens (tertiary/aromatic N) is 5. The molecule has 1 unspecified atom stereocenters. The first-order valence-electron chi connectivity index (χ1n) is 11.6. The summed E-state index contributed by atoms with van der Waals surface area (Å²) in [4.78, 5) is 54.8. The Balaban J connectivity index is 1.44. The third-order valence-electron chi connectivity index (χ3n) is 6.41. The van der Waals surface area contributed by atoms with Crippen LogP contribution in [0.25, 0.3) is 10.9 Å². The molecule has 38 heavy (non-hydrogen) atoms. The van der Waals surface area contributed by atoms with Crippen LogP contribution in [0.1, 0.15) is 46.5 Å². The SMILES string of the molecule is Cc1c(C(=O)Nc2cccc3c(=O)n(C4CCC(=O)NC4=O)c(C)nc23)nnn1Cc1ccc(F)cc1F. The predicted molar refractivity (Wildman–Crippen MR) is 130 cm³/mol. The lowest BCUT2D eigenvalue weighted by Gasteiger charge is -2.24. The van der Waals surface area contributed by atoms with Crippen molar-refractivity contribution < 1.29 is 23.2 Å². The average Bonchev–Trinajstić information content (AvgIpc) is 3.22. The first-order chi connectivity index (χ1) is 18.1. The molecule has 1 atom stereocenters. The molecule has 3 heterocycles. The van der Waals surface area contributed by atoms with Crippen molar-refractivity contribution in [1.29, 1.82) is 0 Å². The minimum absolute atomic E-state index is 0.0295. The number of anilines is 1. The topological polar surface area (TPSA) is 141 Å². The molecule has 0 radical (unpaired) electrons. The molecule has 1 saturated heterocycles. The minimum Gasteiger partial charge on any atom is -0.319 e. The Morgan fingerprint density at radius 1 is 1.16 bits per heavy atom. The molecule has 5 rings (SSSR count). The maximum absolute atomic E-state index is 14.1. The Bertz CT molecular complexity index is 1700. The van der Waals surface area contributed by atoms with Gasteiger partial charge in [0.15, 0.2) is 5.69 Å². The number of aryl methyl sites for hydroxylation is 1. The molecule has 4 aromatic rings. The number of hydrogen-bond acceptors (Lipinski definition) is 7. The smallest absolute Gasteiger partial charge is 0.278 e. The van der Waals surface area contributed by atoms with Crippen LogP contribution in [0.15, 0.2) is 41.2 Å². The van der Waals surface area contributed by atoms with Crippen LogP contribution in [0, 0.1) is 25.5 Å². The Morgan fingerprint density at radius 3 is 2.68 bits per heavy atom. The maximum Gasteiger partial charge on any atom is 0.278 e. The van der Waals surface area contributed by atoms with Crippen LogP contribution in [0.3, 0.4) is 0 Å². The molecule has 1 fully saturated rings. The lowest BCUT2D eigenvalue weighted by molar-refractivity contribution is -0.135. The summed E-state index contributed by atoms with van der Waals surface area (Å²) < 4.78 is 29.8. The standard InChI is InChI=1S/C25H21F2N7O4/c1-12-21(31-32-33(12)11-14-6-7-15(26)10-17(14)27)24(37)29-18-5-3-4-16-22(18)28-13(2)34(25(16)38)19-8-9-20(35)30-23(19)36/h3-7,10,19H,8-9,11H2,1-2H3,(H,29,37)(H,30,35,36). The Kier molecular flexibility index (Phi) is 6.27. The highest BCUT2D eigenvalue weighted by Gasteiger charge is 2.31. The van der Waals surface area contributed by atoms with Crippen molar-refractivity contribution in [1.82, 2.24) is 29.9 Å². The maximum atomic E-state index is 14.1. The van der Waals surface area contributed by atoms with Crippen molar-refractivity contribution in [3.05, 3.63) is 81.2 Å². The molecule has 0 bridgehead atoms. The van der Waals surface area contributed by atoms with Gasteiger partial charge in [0, 0.05) is 18.1 Å². The minimum atomic E-state index is -0.876. The number of halogens is 2. The first-order valence-corrected chi connectivity index (χ1v) is 11.6. The second kappa shape index (κ2) is 9.57. The van der Waals surface area contributed by atoms with Gasteiger partial charge < -0.3 is 5.32 Å². The van der Waals surface area contributed by atoms with Gasteiger partial charge >= 0.3 is 0 Å². The van der Waals surface area contributed by atoms with Gasteiger partial charge in [0.2, 0.25) is 11.8 Å². The van der Waals surface area contributed by atoms with E-state index < -0.39 is 41.0 Å². The highest BCUT2D eigenvalue weighted by atomic mass is 19.1. The fraction of sp³-hybridized carbons (Fsp3) is 0.240. The lowest BCUT2D eigenvalue weighted by atomic mass is 10.1. The van der Waals surface area contributed by atoms with E-state index in [9.17, 15) is 28.0 Å². The van der Waals surface area contributed by atoms with Crippen molar-refractivity contribution in [3.8, 4) is 0 Å². The van der Waals surface area contributed by atoms with Crippen LogP contribution in [0.2, 0.25) is 0 Å². The number of fused-ring (bicyclic) bond motifs is 1. The monoisotopic (exact) mass is 521 g/mol. The van der Waals surface area contributed by atoms with E-state index in [1.165, 1.54) is 21.4 Å². The number of aromatic nitrogens is 5. The molecular weight excluding hydrogens is 500 g/mol. The first kappa shape index (κ1) is 24.9. The number of amides is 3. The van der Waals surface area contributed by atoms with E-state index in [0.29, 0.717) is 5.69 Å². The second-order valence-corrected chi connectivity index (χ2v) is 8.87. The quantitative estimate of drug-likeness (QED) is 0.384. The number of hydrogen-bond donors (Lipinski definition) is 2. The van der Waals surface area contributed by atoms with E-state index in [-0.39, 0.29) is 53.1 Å². The number of carbonyl (C=O) groups excluding carboxylic acids is 3. The van der Waals surface area contributed by atoms with Gasteiger partial charge in [0.25, 0.3) is 11.5 Å². The van der Waals surface area contributed by atoms with Crippen LogP contribution >= 0.6 is 0 Å². The van der Waals surface area contributed by atoms with E-state index >= 15 is 0 Å². The van der Waals surface area contributed by atoms with Crippen LogP contribution in [0.4, 0.5) is 14.5 Å². The molecule has 0 aliphatic carbocycles. The van der Waals surface area contributed by atoms with Gasteiger partial charge in [-0.2, -0.15) is 0 Å². The molecule has 2 aromatic carbocycles. The Labute approximate surface area is 213 Å². The summed E-state index contributed by atoms with van der Waals surface area (Å²) in [7, 11) is 0. The van der Waals surface area contributed by atoms with Crippen molar-refractivity contribution in [2.75, 3.05) is 5.32 Å². The number of para-hydroxylation sites is 1. The number of carbonyl (C=O) groups is 3. The predicted octanol–water partition coefficient (Wildman–Crippen LogP) is 2.16. The number of rotatable bonds is 5. The molecule has 0 spiro atoms. The Morgan fingerprint density at radius 2 is 1.95 bits per heavy atom. The largest absolute Gasteiger partial charge is 0.319 e. The third-order valence-corrected chi connectivity index (χ3v) is 6.41. The van der Waals surface area contributed by atoms with Crippen LogP contribution < -0.4 is 16.2 Å². The highest BCUT2D eigenvalue weighted by molar-refractivity contribution is 6.07. The second-order valence-electron chi connectivity index (χ2n) is 8.87. The van der Waals surface area contributed by atoms with Crippen molar-refractivity contribution >= 4 is 34.3 Å². The summed E-state index contributed by atoms with van der Waals surface area (Å²) in [5.74, 6) is -2.81. The summed E-state index contributed by atoms with van der Waals surface area (Å²) in [5.41, 5.74) is 0.454. The summed E-state index contributed by atoms with van der Waals surface area (Å²) in [6.07, 6.45) is 0.274. The zero-order valence-corrected chi connectivity index (χ0v) is 20.3. The van der Waals surface area contributed by atoms with Gasteiger partial charge in [-0.3, -0.25) is 29.1 Å². The molecule has 11 nitrogen and oxygen atoms in total. The molecule has 194 valence electrons. The van der Waals surface area contributed by atoms with Crippen molar-refractivity contribution in [3.63, 3.8) is 0 Å². The van der Waals surface area contributed by atoms with Gasteiger partial charge in [-0.15, -0.1) is 5.10 Å². The van der Waals surface area contributed by atoms with Gasteiger partial charge in [-0.05, 0) is 38.5 Å². The Hall–Kier alpha value is -4.81. The van der Waals surface area contributed by atoms with E-state index in [1.807, 2.05) is 0 Å². The highest BCUT2D eigenvalue weighted by Crippen LogP contribution is 2.24. The van der Waals surface area contributed by atoms with Gasteiger partial charge in [-0.25, -0.2) is 18.4 Å². The zero-order chi connectivity index (χ0) is 27.1. The van der Waals surface area contributed by atoms with E-state index in [2.05, 4.69) is 25.9 Å². The molecule has 0 saturated carbocycles. The van der Waals surface area contributed by atoms with Crippen LogP contribution in [-0.2, 0) is 16.1 Å². The average molecular weight is 521 g/mol. The molecule has 2 aromatic heterocycles. The fourth-order valence-corrected chi connectivity index (χ4v) is 4.44. The van der Waals surface area contributed by atoms with Gasteiger partial charge in [-0.1, -0.05) is 17.3 Å². The van der Waals surface area contributed by atoms with Crippen LogP contribution in [-0.4, -0.2) is 42.3 Å². The molecular formula is C25H21F2N7O4. The normalized spacial score (nSPS) is 15.5. The summed E-state index contributed by atoms with van der Waals surface area (Å²) in [6.45, 7) is 3.08. The van der Waals surface area contributed by atoms with Crippen molar-refractivity contribution in [2.24, 2.45) is 0 Å². The zero-order valence-electron chi connectivity index (χ0n) is 20.3. The molecule has 13 heteroatoms. The number of benzene rings is 2. The van der Waals surface area contributed by atoms with E-state index in [0.717, 1.165) is 12.1 Å². The third kappa shape index (κ3) is 4.42. The lowest BCUT2D eigenvalue weighted by Crippen LogP contribution is -2.45. The van der Waals surface area contributed by atoms with E-state index in [4.69, 9.17) is 0 Å². The molecule has 3 amide bonds. The van der Waals surface area contributed by atoms with Gasteiger partial charge in [0.1, 0.15) is 29.0 Å². The van der Waals surface area contributed by atoms with Crippen molar-refractivity contribution in [2.45, 2.75) is 39.3 Å². The fourth-order valence-electron chi connectivity index (χ4n) is 4.44. The van der Waals surface area contributed by atoms with Crippen LogP contribution in [0.5, 0.6) is 0 Å². The number of imide groups is 1. The van der Waals surface area contributed by atoms with E-state index in [1.54, 1.807) is 26.0 Å². The summed E-state index contributed by atoms with van der Waals surface area (Å²) in [5, 5.41) is 12.9. The molecule has 2 N–H and O–H groups in total. The summed E-state index contributed by atoms with van der Waals surface area (Å²) >= 11 is 0. The molecule has 1 aliphatic heterocycles. The number of nitrogens with one attached hydrogen (secondary N) is 2. The van der Waals surface area contributed by atoms with Gasteiger partial charge in [0.05, 0.1) is 23.3 Å². The number of piperidine rings is 1.